The van der Waals surface area contributed by atoms with Gasteiger partial charge in [-0.1, -0.05) is 6.92 Å². The molecule has 2 rings (SSSR count). The van der Waals surface area contributed by atoms with Crippen molar-refractivity contribution in [1.82, 2.24) is 5.32 Å². The van der Waals surface area contributed by atoms with E-state index in [9.17, 15) is 10.2 Å². The molecule has 2 aromatic rings. The van der Waals surface area contributed by atoms with Gasteiger partial charge in [-0.05, 0) is 48.6 Å². The second kappa shape index (κ2) is 6.08. The van der Waals surface area contributed by atoms with Crippen molar-refractivity contribution in [2.45, 2.75) is 32.9 Å². The van der Waals surface area contributed by atoms with E-state index < -0.39 is 0 Å². The summed E-state index contributed by atoms with van der Waals surface area (Å²) in [7, 11) is 0. The molecule has 0 fully saturated rings. The summed E-state index contributed by atoms with van der Waals surface area (Å²) < 4.78 is 0. The maximum Gasteiger partial charge on any atom is 0.120 e. The zero-order valence-corrected chi connectivity index (χ0v) is 12.0. The molecule has 3 N–H and O–H groups in total. The van der Waals surface area contributed by atoms with Crippen LogP contribution in [0.2, 0.25) is 0 Å². The highest BCUT2D eigenvalue weighted by Gasteiger charge is 2.12. The summed E-state index contributed by atoms with van der Waals surface area (Å²) in [4.78, 5) is 1.33. The quantitative estimate of drug-likeness (QED) is 0.732. The lowest BCUT2D eigenvalue weighted by atomic mass is 10.1. The SMILES string of the molecule is CCc1ccsc1CNC(C)c1cc(O)ccc1O. The lowest BCUT2D eigenvalue weighted by Gasteiger charge is -2.16. The molecule has 0 radical (unpaired) electrons. The minimum atomic E-state index is -0.0149. The third-order valence-electron chi connectivity index (χ3n) is 3.27. The van der Waals surface area contributed by atoms with Gasteiger partial charge in [-0.3, -0.25) is 0 Å². The Labute approximate surface area is 117 Å². The predicted octanol–water partition coefficient (Wildman–Crippen LogP) is 3.57. The van der Waals surface area contributed by atoms with Crippen molar-refractivity contribution in [2.75, 3.05) is 0 Å². The van der Waals surface area contributed by atoms with Crippen LogP contribution in [0.5, 0.6) is 11.5 Å². The largest absolute Gasteiger partial charge is 0.508 e. The van der Waals surface area contributed by atoms with Crippen LogP contribution in [0.25, 0.3) is 0 Å². The first-order valence-electron chi connectivity index (χ1n) is 6.42. The summed E-state index contributed by atoms with van der Waals surface area (Å²) in [6, 6.07) is 6.74. The first kappa shape index (κ1) is 13.9. The minimum absolute atomic E-state index is 0.0149. The molecule has 0 saturated carbocycles. The van der Waals surface area contributed by atoms with Gasteiger partial charge in [0.2, 0.25) is 0 Å². The van der Waals surface area contributed by atoms with Crippen LogP contribution in [-0.2, 0) is 13.0 Å². The summed E-state index contributed by atoms with van der Waals surface area (Å²) in [6.07, 6.45) is 1.03. The van der Waals surface area contributed by atoms with E-state index in [1.54, 1.807) is 17.4 Å². The van der Waals surface area contributed by atoms with Crippen LogP contribution < -0.4 is 5.32 Å². The monoisotopic (exact) mass is 277 g/mol. The highest BCUT2D eigenvalue weighted by atomic mass is 32.1. The fraction of sp³-hybridized carbons (Fsp3) is 0.333. The summed E-state index contributed by atoms with van der Waals surface area (Å²) >= 11 is 1.74. The predicted molar refractivity (Wildman–Crippen MR) is 78.7 cm³/mol. The number of aromatic hydroxyl groups is 2. The lowest BCUT2D eigenvalue weighted by Crippen LogP contribution is -2.18. The molecule has 0 amide bonds. The average molecular weight is 277 g/mol. The highest BCUT2D eigenvalue weighted by Crippen LogP contribution is 2.28. The van der Waals surface area contributed by atoms with E-state index in [1.165, 1.54) is 22.6 Å². The van der Waals surface area contributed by atoms with Gasteiger partial charge in [-0.15, -0.1) is 11.3 Å². The molecule has 102 valence electrons. The Morgan fingerprint density at radius 3 is 2.79 bits per heavy atom. The molecule has 3 nitrogen and oxygen atoms in total. The van der Waals surface area contributed by atoms with Gasteiger partial charge in [0.1, 0.15) is 11.5 Å². The highest BCUT2D eigenvalue weighted by molar-refractivity contribution is 7.10. The van der Waals surface area contributed by atoms with Crippen LogP contribution in [0, 0.1) is 0 Å². The Morgan fingerprint density at radius 1 is 1.26 bits per heavy atom. The summed E-state index contributed by atoms with van der Waals surface area (Å²) in [5.74, 6) is 0.381. The molecule has 1 atom stereocenters. The summed E-state index contributed by atoms with van der Waals surface area (Å²) in [6.45, 7) is 4.90. The Morgan fingerprint density at radius 2 is 2.05 bits per heavy atom. The van der Waals surface area contributed by atoms with Crippen molar-refractivity contribution in [1.29, 1.82) is 0 Å². The fourth-order valence-corrected chi connectivity index (χ4v) is 3.01. The molecule has 0 aliphatic rings. The number of hydrogen-bond donors (Lipinski definition) is 3. The zero-order valence-electron chi connectivity index (χ0n) is 11.2. The topological polar surface area (TPSA) is 52.5 Å². The van der Waals surface area contributed by atoms with Crippen LogP contribution in [0.3, 0.4) is 0 Å². The molecule has 0 aliphatic carbocycles. The van der Waals surface area contributed by atoms with Gasteiger partial charge in [0.05, 0.1) is 0 Å². The molecule has 1 aromatic heterocycles. The molecule has 1 aromatic carbocycles. The minimum Gasteiger partial charge on any atom is -0.508 e. The third-order valence-corrected chi connectivity index (χ3v) is 4.23. The number of phenolic OH excluding ortho intramolecular Hbond substituents is 2. The van der Waals surface area contributed by atoms with Gasteiger partial charge in [0.25, 0.3) is 0 Å². The van der Waals surface area contributed by atoms with E-state index in [0.29, 0.717) is 0 Å². The molecule has 19 heavy (non-hydrogen) atoms. The van der Waals surface area contributed by atoms with Crippen LogP contribution in [-0.4, -0.2) is 10.2 Å². The molecule has 0 spiro atoms. The lowest BCUT2D eigenvalue weighted by molar-refractivity contribution is 0.441. The Hall–Kier alpha value is -1.52. The zero-order chi connectivity index (χ0) is 13.8. The van der Waals surface area contributed by atoms with E-state index >= 15 is 0 Å². The Kier molecular flexibility index (Phi) is 4.45. The van der Waals surface area contributed by atoms with Gasteiger partial charge in [-0.2, -0.15) is 0 Å². The van der Waals surface area contributed by atoms with Crippen molar-refractivity contribution < 1.29 is 10.2 Å². The van der Waals surface area contributed by atoms with Crippen molar-refractivity contribution >= 4 is 11.3 Å². The number of benzene rings is 1. The molecular weight excluding hydrogens is 258 g/mol. The van der Waals surface area contributed by atoms with E-state index in [1.807, 2.05) is 6.92 Å². The molecule has 1 heterocycles. The van der Waals surface area contributed by atoms with E-state index in [4.69, 9.17) is 0 Å². The molecule has 0 saturated heterocycles. The smallest absolute Gasteiger partial charge is 0.120 e. The summed E-state index contributed by atoms with van der Waals surface area (Å²) in [5, 5.41) is 24.8. The third kappa shape index (κ3) is 3.28. The molecule has 4 heteroatoms. The molecule has 1 unspecified atom stereocenters. The van der Waals surface area contributed by atoms with Gasteiger partial charge in [0, 0.05) is 23.0 Å². The maximum absolute atomic E-state index is 9.81. The van der Waals surface area contributed by atoms with Crippen LogP contribution in [0.4, 0.5) is 0 Å². The Bertz CT molecular complexity index is 551. The molecule has 0 aliphatic heterocycles. The normalized spacial score (nSPS) is 12.5. The fourth-order valence-electron chi connectivity index (χ4n) is 2.08. The molecular formula is C15H19NO2S. The van der Waals surface area contributed by atoms with Gasteiger partial charge < -0.3 is 15.5 Å². The number of nitrogens with one attached hydrogen (secondary N) is 1. The first-order valence-corrected chi connectivity index (χ1v) is 7.30. The number of hydrogen-bond acceptors (Lipinski definition) is 4. The maximum atomic E-state index is 9.81. The second-order valence-electron chi connectivity index (χ2n) is 4.57. The number of rotatable bonds is 5. The van der Waals surface area contributed by atoms with Crippen LogP contribution in [0.1, 0.15) is 35.9 Å². The number of aryl methyl sites for hydroxylation is 1. The van der Waals surface area contributed by atoms with Crippen molar-refractivity contribution in [2.24, 2.45) is 0 Å². The average Bonchev–Trinajstić information content (AvgIpc) is 2.86. The van der Waals surface area contributed by atoms with Crippen LogP contribution >= 0.6 is 11.3 Å². The van der Waals surface area contributed by atoms with Crippen molar-refractivity contribution in [3.8, 4) is 11.5 Å². The van der Waals surface area contributed by atoms with Crippen molar-refractivity contribution in [3.05, 3.63) is 45.6 Å². The van der Waals surface area contributed by atoms with Crippen LogP contribution in [0.15, 0.2) is 29.6 Å². The molecule has 0 bridgehead atoms. The number of thiophene rings is 1. The first-order chi connectivity index (χ1) is 9.11. The second-order valence-corrected chi connectivity index (χ2v) is 5.57. The van der Waals surface area contributed by atoms with E-state index in [2.05, 4.69) is 23.7 Å². The number of phenols is 2. The Balaban J connectivity index is 2.05. The van der Waals surface area contributed by atoms with Gasteiger partial charge in [0.15, 0.2) is 0 Å². The van der Waals surface area contributed by atoms with E-state index in [-0.39, 0.29) is 17.5 Å². The van der Waals surface area contributed by atoms with Gasteiger partial charge in [-0.25, -0.2) is 0 Å². The van der Waals surface area contributed by atoms with E-state index in [0.717, 1.165) is 18.5 Å². The van der Waals surface area contributed by atoms with Gasteiger partial charge >= 0.3 is 0 Å². The summed E-state index contributed by atoms with van der Waals surface area (Å²) in [5.41, 5.74) is 2.08. The standard InChI is InChI=1S/C15H19NO2S/c1-3-11-6-7-19-15(11)9-16-10(2)13-8-12(17)4-5-14(13)18/h4-8,10,16-18H,3,9H2,1-2H3. The van der Waals surface area contributed by atoms with Crippen molar-refractivity contribution in [3.63, 3.8) is 0 Å².